The number of carbonyl (C=O) groups excluding carboxylic acids is 1. The van der Waals surface area contributed by atoms with Crippen molar-refractivity contribution in [2.24, 2.45) is 0 Å². The Bertz CT molecular complexity index is 1340. The van der Waals surface area contributed by atoms with E-state index in [0.717, 1.165) is 11.0 Å². The quantitative estimate of drug-likeness (QED) is 0.423. The lowest BCUT2D eigenvalue weighted by Gasteiger charge is -2.32. The first kappa shape index (κ1) is 26.0. The Morgan fingerprint density at radius 3 is 2.21 bits per heavy atom. The Kier molecular flexibility index (Phi) is 6.80. The second kappa shape index (κ2) is 9.93. The maximum Gasteiger partial charge on any atom is 0.492 e. The summed E-state index contributed by atoms with van der Waals surface area (Å²) in [4.78, 5) is 17.3. The van der Waals surface area contributed by atoms with Crippen LogP contribution in [0.1, 0.15) is 56.0 Å². The Morgan fingerprint density at radius 2 is 1.63 bits per heavy atom. The molecule has 1 saturated heterocycles. The zero-order valence-electron chi connectivity index (χ0n) is 22.6. The molecule has 1 aliphatic carbocycles. The van der Waals surface area contributed by atoms with Gasteiger partial charge in [-0.1, -0.05) is 48.5 Å². The SMILES string of the molecule is Cc1cc(C=C(CNC(=O)OCC2c3ccccc3-c3ccccc32)B2OC(C)(C)C(C)(C)O2)ncc1N. The van der Waals surface area contributed by atoms with Crippen LogP contribution in [0.25, 0.3) is 17.2 Å². The van der Waals surface area contributed by atoms with Crippen LogP contribution < -0.4 is 11.1 Å². The highest BCUT2D eigenvalue weighted by atomic mass is 16.7. The summed E-state index contributed by atoms with van der Waals surface area (Å²) in [5, 5.41) is 2.89. The van der Waals surface area contributed by atoms with Crippen LogP contribution >= 0.6 is 0 Å². The molecule has 1 amide bonds. The maximum atomic E-state index is 12.9. The summed E-state index contributed by atoms with van der Waals surface area (Å²) in [6, 6.07) is 18.4. The number of aryl methyl sites for hydroxylation is 1. The fourth-order valence-corrected chi connectivity index (χ4v) is 4.88. The van der Waals surface area contributed by atoms with Gasteiger partial charge < -0.3 is 25.1 Å². The van der Waals surface area contributed by atoms with Crippen molar-refractivity contribution in [1.82, 2.24) is 10.3 Å². The van der Waals surface area contributed by atoms with E-state index in [4.69, 9.17) is 19.8 Å². The van der Waals surface area contributed by atoms with Crippen molar-refractivity contribution in [1.29, 1.82) is 0 Å². The number of nitrogens with two attached hydrogens (primary N) is 1. The minimum Gasteiger partial charge on any atom is -0.449 e. The molecule has 1 aliphatic heterocycles. The van der Waals surface area contributed by atoms with Crippen molar-refractivity contribution in [3.05, 3.63) is 88.7 Å². The summed E-state index contributed by atoms with van der Waals surface area (Å²) in [5.74, 6) is -0.00629. The molecule has 196 valence electrons. The molecule has 0 radical (unpaired) electrons. The minimum absolute atomic E-state index is 0.00629. The van der Waals surface area contributed by atoms with Gasteiger partial charge in [-0.15, -0.1) is 0 Å². The number of nitrogen functional groups attached to an aromatic ring is 1. The predicted octanol–water partition coefficient (Wildman–Crippen LogP) is 5.53. The topological polar surface area (TPSA) is 95.7 Å². The number of nitrogens with one attached hydrogen (secondary N) is 1. The highest BCUT2D eigenvalue weighted by molar-refractivity contribution is 6.56. The molecule has 3 aromatic rings. The number of nitrogens with zero attached hydrogens (tertiary/aromatic N) is 1. The monoisotopic (exact) mass is 511 g/mol. The molecule has 0 spiro atoms. The molecule has 8 heteroatoms. The summed E-state index contributed by atoms with van der Waals surface area (Å²) in [6.45, 7) is 10.3. The average molecular weight is 511 g/mol. The summed E-state index contributed by atoms with van der Waals surface area (Å²) in [7, 11) is -0.645. The van der Waals surface area contributed by atoms with Gasteiger partial charge in [-0.25, -0.2) is 4.79 Å². The van der Waals surface area contributed by atoms with Gasteiger partial charge in [-0.2, -0.15) is 0 Å². The van der Waals surface area contributed by atoms with E-state index < -0.39 is 24.4 Å². The molecule has 0 unspecified atom stereocenters. The van der Waals surface area contributed by atoms with Crippen LogP contribution in [0.15, 0.2) is 66.3 Å². The van der Waals surface area contributed by atoms with Crippen LogP contribution in [-0.4, -0.2) is 42.5 Å². The van der Waals surface area contributed by atoms with Gasteiger partial charge in [-0.05, 0) is 80.1 Å². The predicted molar refractivity (Wildman–Crippen MR) is 151 cm³/mol. The average Bonchev–Trinajstić information content (AvgIpc) is 3.31. The fraction of sp³-hybridized carbons (Fsp3) is 0.333. The van der Waals surface area contributed by atoms with Gasteiger partial charge in [0.25, 0.3) is 0 Å². The molecule has 38 heavy (non-hydrogen) atoms. The molecule has 3 N–H and O–H groups in total. The van der Waals surface area contributed by atoms with E-state index in [1.165, 1.54) is 22.3 Å². The number of carbonyl (C=O) groups is 1. The molecule has 5 rings (SSSR count). The number of fused-ring (bicyclic) bond motifs is 3. The van der Waals surface area contributed by atoms with E-state index in [-0.39, 0.29) is 19.1 Å². The molecule has 0 bridgehead atoms. The van der Waals surface area contributed by atoms with Crippen molar-refractivity contribution in [2.45, 2.75) is 51.7 Å². The molecule has 1 aromatic heterocycles. The number of amides is 1. The number of pyridine rings is 1. The smallest absolute Gasteiger partial charge is 0.449 e. The Hall–Kier alpha value is -3.62. The third kappa shape index (κ3) is 4.94. The number of benzene rings is 2. The Morgan fingerprint density at radius 1 is 1.05 bits per heavy atom. The third-order valence-electron chi connectivity index (χ3n) is 7.84. The molecule has 0 saturated carbocycles. The largest absolute Gasteiger partial charge is 0.492 e. The van der Waals surface area contributed by atoms with Gasteiger partial charge in [0, 0.05) is 12.5 Å². The second-order valence-electron chi connectivity index (χ2n) is 11.0. The highest BCUT2D eigenvalue weighted by Crippen LogP contribution is 2.44. The lowest BCUT2D eigenvalue weighted by Crippen LogP contribution is -2.41. The summed E-state index contributed by atoms with van der Waals surface area (Å²) in [6.07, 6.45) is 3.00. The molecule has 2 aliphatic rings. The normalized spacial score (nSPS) is 17.7. The lowest BCUT2D eigenvalue weighted by atomic mass is 9.77. The Labute approximate surface area is 224 Å². The van der Waals surface area contributed by atoms with Gasteiger partial charge in [0.2, 0.25) is 0 Å². The van der Waals surface area contributed by atoms with Gasteiger partial charge >= 0.3 is 13.2 Å². The molecule has 2 aromatic carbocycles. The first-order valence-electron chi connectivity index (χ1n) is 12.9. The number of anilines is 1. The zero-order valence-corrected chi connectivity index (χ0v) is 22.6. The molecule has 1 fully saturated rings. The first-order valence-corrected chi connectivity index (χ1v) is 12.9. The fourth-order valence-electron chi connectivity index (χ4n) is 4.88. The molecule has 0 atom stereocenters. The maximum absolute atomic E-state index is 12.9. The number of aromatic nitrogens is 1. The summed E-state index contributed by atoms with van der Waals surface area (Å²) >= 11 is 0. The van der Waals surface area contributed by atoms with E-state index in [0.29, 0.717) is 11.4 Å². The van der Waals surface area contributed by atoms with Gasteiger partial charge in [0.05, 0.1) is 28.8 Å². The van der Waals surface area contributed by atoms with Crippen molar-refractivity contribution in [3.63, 3.8) is 0 Å². The molecule has 7 nitrogen and oxygen atoms in total. The van der Waals surface area contributed by atoms with Crippen molar-refractivity contribution in [2.75, 3.05) is 18.9 Å². The van der Waals surface area contributed by atoms with Crippen molar-refractivity contribution >= 4 is 25.0 Å². The van der Waals surface area contributed by atoms with Crippen LogP contribution in [0.5, 0.6) is 0 Å². The third-order valence-corrected chi connectivity index (χ3v) is 7.84. The second-order valence-corrected chi connectivity index (χ2v) is 11.0. The van der Waals surface area contributed by atoms with Crippen LogP contribution in [0.3, 0.4) is 0 Å². The first-order chi connectivity index (χ1) is 18.1. The van der Waals surface area contributed by atoms with Crippen LogP contribution in [-0.2, 0) is 14.0 Å². The number of rotatable bonds is 6. The minimum atomic E-state index is -0.645. The van der Waals surface area contributed by atoms with Crippen molar-refractivity contribution in [3.8, 4) is 11.1 Å². The van der Waals surface area contributed by atoms with Crippen LogP contribution in [0, 0.1) is 6.92 Å². The van der Waals surface area contributed by atoms with Gasteiger partial charge in [0.1, 0.15) is 6.61 Å². The standard InChI is InChI=1S/C30H34BN3O4/c1-19-14-21(33-17-27(19)32)15-20(31-37-29(2,3)30(4,5)38-31)16-34-28(35)36-18-26-24-12-8-6-10-22(24)23-11-7-9-13-25(23)26/h6-15,17,26H,16,18,32H2,1-5H3,(H,34,35). The van der Waals surface area contributed by atoms with E-state index in [1.807, 2.05) is 71.0 Å². The van der Waals surface area contributed by atoms with E-state index in [2.05, 4.69) is 34.6 Å². The highest BCUT2D eigenvalue weighted by Gasteiger charge is 2.52. The lowest BCUT2D eigenvalue weighted by molar-refractivity contribution is 0.00578. The Balaban J connectivity index is 1.30. The number of alkyl carbamates (subject to hydrolysis) is 1. The molecular weight excluding hydrogens is 477 g/mol. The van der Waals surface area contributed by atoms with Gasteiger partial charge in [-0.3, -0.25) is 4.98 Å². The molecule has 2 heterocycles. The number of hydrogen-bond acceptors (Lipinski definition) is 6. The van der Waals surface area contributed by atoms with E-state index >= 15 is 0 Å². The van der Waals surface area contributed by atoms with Gasteiger partial charge in [0.15, 0.2) is 0 Å². The summed E-state index contributed by atoms with van der Waals surface area (Å²) < 4.78 is 18.3. The number of hydrogen-bond donors (Lipinski definition) is 2. The van der Waals surface area contributed by atoms with Crippen LogP contribution in [0.4, 0.5) is 10.5 Å². The van der Waals surface area contributed by atoms with Crippen LogP contribution in [0.2, 0.25) is 0 Å². The van der Waals surface area contributed by atoms with E-state index in [9.17, 15) is 4.79 Å². The summed E-state index contributed by atoms with van der Waals surface area (Å²) in [5.41, 5.74) is 12.6. The molecular formula is C30H34BN3O4. The zero-order chi connectivity index (χ0) is 27.1. The van der Waals surface area contributed by atoms with E-state index in [1.54, 1.807) is 6.20 Å². The number of ether oxygens (including phenoxy) is 1. The van der Waals surface area contributed by atoms with Crippen molar-refractivity contribution < 1.29 is 18.8 Å².